The summed E-state index contributed by atoms with van der Waals surface area (Å²) >= 11 is 0. The molecule has 0 saturated carbocycles. The molecule has 6 heteroatoms. The van der Waals surface area contributed by atoms with E-state index in [4.69, 9.17) is 0 Å². The van der Waals surface area contributed by atoms with E-state index in [1.165, 1.54) is 24.3 Å². The first kappa shape index (κ1) is 13.0. The van der Waals surface area contributed by atoms with Gasteiger partial charge >= 0.3 is 0 Å². The maximum absolute atomic E-state index is 12.0. The molecule has 1 aromatic carbocycles. The van der Waals surface area contributed by atoms with E-state index in [-0.39, 0.29) is 17.1 Å². The Morgan fingerprint density at radius 1 is 0.952 bits per heavy atom. The van der Waals surface area contributed by atoms with Crippen LogP contribution in [0.2, 0.25) is 0 Å². The van der Waals surface area contributed by atoms with Crippen molar-refractivity contribution < 1.29 is 10.2 Å². The van der Waals surface area contributed by atoms with Crippen molar-refractivity contribution in [3.63, 3.8) is 0 Å². The number of hydrogen-bond donors (Lipinski definition) is 3. The molecule has 3 N–H and O–H groups in total. The standard InChI is InChI=1S/C15H12N2O4/c18-11-5-4-9(7-12(11)19)6-10-8-15(21)17-13(16-10)2-1-3-14(17)20/h1-5,7-8,16,18-19H,6H2. The van der Waals surface area contributed by atoms with Crippen molar-refractivity contribution in [3.8, 4) is 11.5 Å². The third-order valence-corrected chi connectivity index (χ3v) is 3.20. The van der Waals surface area contributed by atoms with Gasteiger partial charge in [-0.1, -0.05) is 12.1 Å². The Kier molecular flexibility index (Phi) is 2.98. The molecule has 3 rings (SSSR count). The molecule has 21 heavy (non-hydrogen) atoms. The molecule has 0 amide bonds. The number of nitrogens with zero attached hydrogens (tertiary/aromatic N) is 1. The van der Waals surface area contributed by atoms with Crippen LogP contribution in [0.3, 0.4) is 0 Å². The molecule has 6 nitrogen and oxygen atoms in total. The summed E-state index contributed by atoms with van der Waals surface area (Å²) in [4.78, 5) is 26.6. The molecular formula is C15H12N2O4. The highest BCUT2D eigenvalue weighted by atomic mass is 16.3. The van der Waals surface area contributed by atoms with Gasteiger partial charge in [-0.05, 0) is 23.8 Å². The van der Waals surface area contributed by atoms with Crippen LogP contribution in [-0.2, 0) is 6.42 Å². The molecule has 2 aromatic heterocycles. The summed E-state index contributed by atoms with van der Waals surface area (Å²) in [6.07, 6.45) is 0.364. The molecule has 0 aliphatic rings. The van der Waals surface area contributed by atoms with Crippen LogP contribution in [0.1, 0.15) is 11.3 Å². The van der Waals surface area contributed by atoms with Gasteiger partial charge < -0.3 is 15.2 Å². The van der Waals surface area contributed by atoms with Crippen molar-refractivity contribution in [2.45, 2.75) is 6.42 Å². The minimum atomic E-state index is -0.410. The molecule has 0 saturated heterocycles. The molecule has 0 aliphatic carbocycles. The van der Waals surface area contributed by atoms with Gasteiger partial charge in [0.05, 0.1) is 0 Å². The number of phenolic OH excluding ortho intramolecular Hbond substituents is 2. The summed E-state index contributed by atoms with van der Waals surface area (Å²) in [5, 5.41) is 18.8. The number of rotatable bonds is 2. The zero-order valence-electron chi connectivity index (χ0n) is 10.9. The molecule has 0 unspecified atom stereocenters. The molecule has 0 radical (unpaired) electrons. The van der Waals surface area contributed by atoms with Gasteiger partial charge in [-0.3, -0.25) is 9.59 Å². The number of pyridine rings is 1. The van der Waals surface area contributed by atoms with E-state index in [0.29, 0.717) is 17.8 Å². The number of aromatic amines is 1. The number of hydrogen-bond acceptors (Lipinski definition) is 4. The quantitative estimate of drug-likeness (QED) is 0.612. The zero-order valence-corrected chi connectivity index (χ0v) is 10.9. The van der Waals surface area contributed by atoms with E-state index in [1.54, 1.807) is 18.2 Å². The first-order valence-electron chi connectivity index (χ1n) is 6.29. The van der Waals surface area contributed by atoms with Crippen molar-refractivity contribution in [2.24, 2.45) is 0 Å². The largest absolute Gasteiger partial charge is 0.504 e. The van der Waals surface area contributed by atoms with E-state index in [9.17, 15) is 19.8 Å². The van der Waals surface area contributed by atoms with Gasteiger partial charge in [0.1, 0.15) is 5.65 Å². The number of phenols is 2. The lowest BCUT2D eigenvalue weighted by Gasteiger charge is -2.06. The molecule has 0 atom stereocenters. The number of fused-ring (bicyclic) bond motifs is 1. The highest BCUT2D eigenvalue weighted by Crippen LogP contribution is 2.25. The minimum Gasteiger partial charge on any atom is -0.504 e. The van der Waals surface area contributed by atoms with Gasteiger partial charge in [-0.15, -0.1) is 0 Å². The van der Waals surface area contributed by atoms with Crippen LogP contribution < -0.4 is 11.1 Å². The summed E-state index contributed by atoms with van der Waals surface area (Å²) in [7, 11) is 0. The van der Waals surface area contributed by atoms with Crippen LogP contribution in [0, 0.1) is 0 Å². The fourth-order valence-corrected chi connectivity index (χ4v) is 2.22. The molecule has 2 heterocycles. The molecule has 0 bridgehead atoms. The number of aromatic hydroxyl groups is 2. The Labute approximate surface area is 118 Å². The number of benzene rings is 1. The second-order valence-electron chi connectivity index (χ2n) is 4.72. The Bertz CT molecular complexity index is 940. The SMILES string of the molecule is O=c1cccc2[nH]c(Cc3ccc(O)c(O)c3)cc(=O)n12. The number of aromatic nitrogens is 2. The Balaban J connectivity index is 2.07. The second-order valence-corrected chi connectivity index (χ2v) is 4.72. The normalized spacial score (nSPS) is 10.9. The molecule has 0 aliphatic heterocycles. The lowest BCUT2D eigenvalue weighted by Crippen LogP contribution is -2.26. The summed E-state index contributed by atoms with van der Waals surface area (Å²) in [6, 6.07) is 10.3. The van der Waals surface area contributed by atoms with Crippen LogP contribution in [0.15, 0.2) is 52.1 Å². The molecule has 3 aromatic rings. The van der Waals surface area contributed by atoms with E-state index >= 15 is 0 Å². The smallest absolute Gasteiger partial charge is 0.260 e. The Morgan fingerprint density at radius 2 is 1.76 bits per heavy atom. The number of H-pyrrole nitrogens is 1. The first-order chi connectivity index (χ1) is 10.0. The van der Waals surface area contributed by atoms with Crippen LogP contribution >= 0.6 is 0 Å². The molecule has 0 fully saturated rings. The lowest BCUT2D eigenvalue weighted by molar-refractivity contribution is 0.403. The topological polar surface area (TPSA) is 94.8 Å². The van der Waals surface area contributed by atoms with Crippen molar-refractivity contribution in [2.75, 3.05) is 0 Å². The fraction of sp³-hybridized carbons (Fsp3) is 0.0667. The maximum atomic E-state index is 12.0. The van der Waals surface area contributed by atoms with Crippen molar-refractivity contribution >= 4 is 5.65 Å². The van der Waals surface area contributed by atoms with Gasteiger partial charge in [0.25, 0.3) is 11.1 Å². The van der Waals surface area contributed by atoms with E-state index in [0.717, 1.165) is 9.96 Å². The highest BCUT2D eigenvalue weighted by Gasteiger charge is 2.06. The molecular weight excluding hydrogens is 272 g/mol. The average Bonchev–Trinajstić information content (AvgIpc) is 2.42. The third kappa shape index (κ3) is 2.38. The van der Waals surface area contributed by atoms with Gasteiger partial charge in [-0.2, -0.15) is 0 Å². The van der Waals surface area contributed by atoms with Gasteiger partial charge in [0.15, 0.2) is 11.5 Å². The first-order valence-corrected chi connectivity index (χ1v) is 6.29. The maximum Gasteiger partial charge on any atom is 0.260 e. The Hall–Kier alpha value is -3.02. The van der Waals surface area contributed by atoms with Crippen LogP contribution in [0.5, 0.6) is 11.5 Å². The predicted molar refractivity (Wildman–Crippen MR) is 76.9 cm³/mol. The third-order valence-electron chi connectivity index (χ3n) is 3.20. The minimum absolute atomic E-state index is 0.197. The van der Waals surface area contributed by atoms with Gasteiger partial charge in [-0.25, -0.2) is 4.40 Å². The predicted octanol–water partition coefficient (Wildman–Crippen LogP) is 0.990. The van der Waals surface area contributed by atoms with Crippen LogP contribution in [0.4, 0.5) is 0 Å². The average molecular weight is 284 g/mol. The zero-order chi connectivity index (χ0) is 15.0. The van der Waals surface area contributed by atoms with Gasteiger partial charge in [0, 0.05) is 24.2 Å². The van der Waals surface area contributed by atoms with Crippen LogP contribution in [0.25, 0.3) is 5.65 Å². The highest BCUT2D eigenvalue weighted by molar-refractivity contribution is 5.43. The summed E-state index contributed by atoms with van der Waals surface area (Å²) in [5.41, 5.74) is 0.946. The molecule has 0 spiro atoms. The fourth-order valence-electron chi connectivity index (χ4n) is 2.22. The summed E-state index contributed by atoms with van der Waals surface area (Å²) < 4.78 is 1.05. The lowest BCUT2D eigenvalue weighted by atomic mass is 10.1. The number of nitrogens with one attached hydrogen (secondary N) is 1. The summed E-state index contributed by atoms with van der Waals surface area (Å²) in [6.45, 7) is 0. The van der Waals surface area contributed by atoms with E-state index in [1.807, 2.05) is 0 Å². The van der Waals surface area contributed by atoms with Gasteiger partial charge in [0.2, 0.25) is 0 Å². The second kappa shape index (κ2) is 4.82. The van der Waals surface area contributed by atoms with E-state index < -0.39 is 5.56 Å². The monoisotopic (exact) mass is 284 g/mol. The van der Waals surface area contributed by atoms with Crippen molar-refractivity contribution in [1.29, 1.82) is 0 Å². The summed E-state index contributed by atoms with van der Waals surface area (Å²) in [5.74, 6) is -0.413. The Morgan fingerprint density at radius 3 is 2.52 bits per heavy atom. The van der Waals surface area contributed by atoms with Crippen molar-refractivity contribution in [1.82, 2.24) is 9.38 Å². The van der Waals surface area contributed by atoms with Crippen LogP contribution in [-0.4, -0.2) is 19.6 Å². The molecule has 106 valence electrons. The van der Waals surface area contributed by atoms with E-state index in [2.05, 4.69) is 4.98 Å². The van der Waals surface area contributed by atoms with Crippen molar-refractivity contribution in [3.05, 3.63) is 74.4 Å².